The highest BCUT2D eigenvalue weighted by atomic mass is 32.2. The molecule has 7 nitrogen and oxygen atoms in total. The zero-order valence-corrected chi connectivity index (χ0v) is 18.2. The fourth-order valence-electron chi connectivity index (χ4n) is 3.62. The number of nitrogens with zero attached hydrogens (tertiary/aromatic N) is 4. The van der Waals surface area contributed by atoms with E-state index in [4.69, 9.17) is 10.1 Å². The molecular formula is C22H23N5O2S. The maximum Gasteiger partial charge on any atom is 0.283 e. The molecule has 0 unspecified atom stereocenters. The Morgan fingerprint density at radius 2 is 2.03 bits per heavy atom. The number of aromatic nitrogens is 1. The number of para-hydroxylation sites is 2. The second-order valence-corrected chi connectivity index (χ2v) is 8.14. The van der Waals surface area contributed by atoms with Gasteiger partial charge >= 0.3 is 0 Å². The maximum atomic E-state index is 12.7. The van der Waals surface area contributed by atoms with E-state index < -0.39 is 5.91 Å². The van der Waals surface area contributed by atoms with E-state index in [9.17, 15) is 4.79 Å². The summed E-state index contributed by atoms with van der Waals surface area (Å²) in [5.74, 6) is 0.417. The van der Waals surface area contributed by atoms with Crippen molar-refractivity contribution in [2.24, 2.45) is 10.1 Å². The molecule has 1 aromatic carbocycles. The van der Waals surface area contributed by atoms with Crippen LogP contribution in [0.2, 0.25) is 0 Å². The van der Waals surface area contributed by atoms with Gasteiger partial charge in [-0.25, -0.2) is 0 Å². The monoisotopic (exact) mass is 421 g/mol. The van der Waals surface area contributed by atoms with Gasteiger partial charge in [-0.2, -0.15) is 15.1 Å². The van der Waals surface area contributed by atoms with Crippen LogP contribution in [-0.2, 0) is 4.79 Å². The number of methoxy groups -OCH3 is 1. The first-order chi connectivity index (χ1) is 14.4. The number of aryl methyl sites for hydroxylation is 1. The van der Waals surface area contributed by atoms with Crippen molar-refractivity contribution in [2.75, 3.05) is 7.11 Å². The lowest BCUT2D eigenvalue weighted by molar-refractivity contribution is -0.114. The molecule has 0 spiro atoms. The normalized spacial score (nSPS) is 17.3. The summed E-state index contributed by atoms with van der Waals surface area (Å²) in [5, 5.41) is 15.8. The van der Waals surface area contributed by atoms with E-state index in [-0.39, 0.29) is 11.4 Å². The molecule has 4 rings (SSSR count). The molecule has 2 aliphatic rings. The second kappa shape index (κ2) is 7.95. The summed E-state index contributed by atoms with van der Waals surface area (Å²) in [6, 6.07) is 9.80. The molecule has 8 heteroatoms. The highest BCUT2D eigenvalue weighted by molar-refractivity contribution is 8.26. The van der Waals surface area contributed by atoms with Gasteiger partial charge in [0.05, 0.1) is 18.4 Å². The number of hydrogen-bond donors (Lipinski definition) is 1. The van der Waals surface area contributed by atoms with E-state index in [0.717, 1.165) is 46.3 Å². The van der Waals surface area contributed by atoms with Gasteiger partial charge in [-0.1, -0.05) is 19.1 Å². The van der Waals surface area contributed by atoms with Gasteiger partial charge in [0.2, 0.25) is 5.17 Å². The van der Waals surface area contributed by atoms with Crippen LogP contribution >= 0.6 is 11.8 Å². The fraction of sp³-hybridized carbons (Fsp3) is 0.273. The third kappa shape index (κ3) is 3.37. The van der Waals surface area contributed by atoms with Crippen LogP contribution in [0, 0.1) is 19.3 Å². The number of amides is 1. The van der Waals surface area contributed by atoms with Crippen molar-refractivity contribution in [3.8, 4) is 11.4 Å². The summed E-state index contributed by atoms with van der Waals surface area (Å²) in [6.45, 7) is 6.06. The van der Waals surface area contributed by atoms with Gasteiger partial charge < -0.3 is 9.30 Å². The number of thioether (sulfide) groups is 1. The van der Waals surface area contributed by atoms with Crippen molar-refractivity contribution in [3.63, 3.8) is 0 Å². The van der Waals surface area contributed by atoms with Crippen molar-refractivity contribution in [3.05, 3.63) is 52.9 Å². The van der Waals surface area contributed by atoms with Crippen LogP contribution in [0.25, 0.3) is 11.8 Å². The van der Waals surface area contributed by atoms with Gasteiger partial charge in [-0.3, -0.25) is 10.2 Å². The molecule has 0 aliphatic carbocycles. The Morgan fingerprint density at radius 3 is 2.77 bits per heavy atom. The molecule has 0 saturated carbocycles. The summed E-state index contributed by atoms with van der Waals surface area (Å²) in [5.41, 5.74) is 3.97. The number of hydrazone groups is 1. The van der Waals surface area contributed by atoms with Gasteiger partial charge in [0.25, 0.3) is 5.91 Å². The van der Waals surface area contributed by atoms with E-state index in [0.29, 0.717) is 5.17 Å². The van der Waals surface area contributed by atoms with Crippen LogP contribution in [0.3, 0.4) is 0 Å². The summed E-state index contributed by atoms with van der Waals surface area (Å²) in [6.07, 6.45) is 3.49. The minimum absolute atomic E-state index is 0.0608. The number of nitrogens with one attached hydrogen (secondary N) is 1. The van der Waals surface area contributed by atoms with Crippen LogP contribution in [0.4, 0.5) is 0 Å². The van der Waals surface area contributed by atoms with Crippen LogP contribution in [-0.4, -0.2) is 38.6 Å². The van der Waals surface area contributed by atoms with E-state index in [1.54, 1.807) is 13.2 Å². The molecule has 30 heavy (non-hydrogen) atoms. The zero-order chi connectivity index (χ0) is 21.4. The molecule has 0 saturated heterocycles. The quantitative estimate of drug-likeness (QED) is 0.720. The Kier molecular flexibility index (Phi) is 5.34. The average molecular weight is 422 g/mol. The molecule has 0 bridgehead atoms. The molecular weight excluding hydrogens is 398 g/mol. The van der Waals surface area contributed by atoms with Crippen LogP contribution < -0.4 is 4.74 Å². The van der Waals surface area contributed by atoms with E-state index >= 15 is 0 Å². The minimum atomic E-state index is -0.409. The molecule has 3 heterocycles. The maximum absolute atomic E-state index is 12.7. The largest absolute Gasteiger partial charge is 0.495 e. The summed E-state index contributed by atoms with van der Waals surface area (Å²) in [7, 11) is 1.65. The molecule has 2 aliphatic heterocycles. The van der Waals surface area contributed by atoms with Gasteiger partial charge in [0.1, 0.15) is 10.8 Å². The van der Waals surface area contributed by atoms with Crippen molar-refractivity contribution in [1.82, 2.24) is 9.58 Å². The van der Waals surface area contributed by atoms with Gasteiger partial charge in [0.15, 0.2) is 5.84 Å². The zero-order valence-electron chi connectivity index (χ0n) is 17.4. The van der Waals surface area contributed by atoms with Crippen molar-refractivity contribution in [2.45, 2.75) is 33.6 Å². The van der Waals surface area contributed by atoms with Crippen LogP contribution in [0.5, 0.6) is 5.75 Å². The topological polar surface area (TPSA) is 83.0 Å². The molecule has 0 atom stereocenters. The molecule has 1 aromatic heterocycles. The molecule has 0 fully saturated rings. The number of ether oxygens (including phenoxy) is 1. The average Bonchev–Trinajstić information content (AvgIpc) is 3.25. The molecule has 1 amide bonds. The summed E-state index contributed by atoms with van der Waals surface area (Å²) < 4.78 is 7.60. The number of fused-ring (bicyclic) bond motifs is 1. The van der Waals surface area contributed by atoms with Crippen molar-refractivity contribution in [1.29, 1.82) is 5.41 Å². The highest BCUT2D eigenvalue weighted by Gasteiger charge is 2.35. The number of carbonyl (C=O) groups is 1. The second-order valence-electron chi connectivity index (χ2n) is 7.10. The third-order valence-corrected chi connectivity index (χ3v) is 6.02. The predicted molar refractivity (Wildman–Crippen MR) is 122 cm³/mol. The number of hydrogen-bond acceptors (Lipinski definition) is 5. The van der Waals surface area contributed by atoms with Crippen molar-refractivity contribution < 1.29 is 9.53 Å². The lowest BCUT2D eigenvalue weighted by Gasteiger charge is -2.20. The molecule has 154 valence electrons. The van der Waals surface area contributed by atoms with E-state index in [2.05, 4.69) is 21.6 Å². The Labute approximate surface area is 179 Å². The van der Waals surface area contributed by atoms with Gasteiger partial charge in [-0.15, -0.1) is 0 Å². The first-order valence-electron chi connectivity index (χ1n) is 9.76. The number of carbonyl (C=O) groups excluding carboxylic acids is 1. The number of benzene rings is 1. The Bertz CT molecular complexity index is 1140. The van der Waals surface area contributed by atoms with Gasteiger partial charge in [0, 0.05) is 11.4 Å². The third-order valence-electron chi connectivity index (χ3n) is 5.06. The molecule has 0 radical (unpaired) electrons. The van der Waals surface area contributed by atoms with Crippen LogP contribution in [0.15, 0.2) is 46.0 Å². The lowest BCUT2D eigenvalue weighted by atomic mass is 10.1. The van der Waals surface area contributed by atoms with Gasteiger partial charge in [-0.05, 0) is 68.3 Å². The number of aliphatic imine (C=N–C) groups is 1. The summed E-state index contributed by atoms with van der Waals surface area (Å²) in [4.78, 5) is 16.8. The van der Waals surface area contributed by atoms with Crippen molar-refractivity contribution >= 4 is 39.8 Å². The summed E-state index contributed by atoms with van der Waals surface area (Å²) >= 11 is 1.37. The smallest absolute Gasteiger partial charge is 0.283 e. The lowest BCUT2D eigenvalue weighted by Crippen LogP contribution is -2.35. The Balaban J connectivity index is 1.75. The standard InChI is InChI=1S/C22H23N5O2S/c1-5-8-19-25-27-20(23)16(21(28)24-22(27)30-19)12-15-11-13(2)26(14(15)3)17-9-6-7-10-18(17)29-4/h6-7,9-12,23H,5,8H2,1-4H3/b16-12+,23-20?. The first-order valence-corrected chi connectivity index (χ1v) is 10.6. The van der Waals surface area contributed by atoms with Crippen LogP contribution in [0.1, 0.15) is 36.7 Å². The highest BCUT2D eigenvalue weighted by Crippen LogP contribution is 2.32. The van der Waals surface area contributed by atoms with E-state index in [1.165, 1.54) is 16.8 Å². The SMILES string of the molecule is CCCC1=NN2C(=N)/C(=C\c3cc(C)n(-c4ccccc4OC)c3C)C(=O)N=C2S1. The van der Waals surface area contributed by atoms with E-state index in [1.807, 2.05) is 44.2 Å². The number of amidine groups is 2. The molecule has 1 N–H and O–H groups in total. The first kappa shape index (κ1) is 20.2. The number of rotatable bonds is 5. The minimum Gasteiger partial charge on any atom is -0.495 e. The molecule has 2 aromatic rings. The Hall–Kier alpha value is -3.13. The predicted octanol–water partition coefficient (Wildman–Crippen LogP) is 4.52. The Morgan fingerprint density at radius 1 is 1.27 bits per heavy atom. The fourth-order valence-corrected chi connectivity index (χ4v) is 4.61.